The van der Waals surface area contributed by atoms with Crippen molar-refractivity contribution >= 4 is 0 Å². The molecule has 1 heterocycles. The highest BCUT2D eigenvalue weighted by molar-refractivity contribution is 5.35. The minimum absolute atomic E-state index is 0.309. The van der Waals surface area contributed by atoms with Crippen molar-refractivity contribution in [3.05, 3.63) is 29.3 Å². The van der Waals surface area contributed by atoms with Gasteiger partial charge in [-0.2, -0.15) is 0 Å². The second-order valence-electron chi connectivity index (χ2n) is 5.03. The molecule has 1 aliphatic rings. The number of nitrogens with zero attached hydrogens (tertiary/aromatic N) is 1. The van der Waals surface area contributed by atoms with Crippen molar-refractivity contribution in [2.45, 2.75) is 26.3 Å². The van der Waals surface area contributed by atoms with Gasteiger partial charge in [0.1, 0.15) is 5.75 Å². The predicted molar refractivity (Wildman–Crippen MR) is 67.9 cm³/mol. The summed E-state index contributed by atoms with van der Waals surface area (Å²) in [6.07, 6.45) is 2.12. The number of aromatic hydroxyl groups is 1. The highest BCUT2D eigenvalue weighted by atomic mass is 16.3. The molecular weight excluding hydrogens is 214 g/mol. The Hall–Kier alpha value is -1.06. The first-order chi connectivity index (χ1) is 8.19. The number of piperidine rings is 1. The first-order valence-corrected chi connectivity index (χ1v) is 6.30. The fourth-order valence-corrected chi connectivity index (χ4v) is 2.41. The van der Waals surface area contributed by atoms with Crippen LogP contribution in [-0.2, 0) is 6.54 Å². The molecule has 1 saturated heterocycles. The number of hydrogen-bond donors (Lipinski definition) is 2. The maximum Gasteiger partial charge on any atom is 0.120 e. The van der Waals surface area contributed by atoms with E-state index in [2.05, 4.69) is 4.90 Å². The lowest BCUT2D eigenvalue weighted by Crippen LogP contribution is -2.34. The molecule has 17 heavy (non-hydrogen) atoms. The fourth-order valence-electron chi connectivity index (χ4n) is 2.41. The van der Waals surface area contributed by atoms with E-state index >= 15 is 0 Å². The van der Waals surface area contributed by atoms with E-state index in [4.69, 9.17) is 5.11 Å². The van der Waals surface area contributed by atoms with Gasteiger partial charge in [0.05, 0.1) is 0 Å². The van der Waals surface area contributed by atoms with Gasteiger partial charge in [-0.15, -0.1) is 0 Å². The van der Waals surface area contributed by atoms with E-state index in [0.717, 1.165) is 38.0 Å². The Morgan fingerprint density at radius 1 is 1.29 bits per heavy atom. The molecule has 94 valence electrons. The van der Waals surface area contributed by atoms with Gasteiger partial charge in [0, 0.05) is 18.7 Å². The molecule has 0 unspecified atom stereocenters. The monoisotopic (exact) mass is 235 g/mol. The molecule has 0 aromatic heterocycles. The Labute approximate surface area is 103 Å². The fraction of sp³-hybridized carbons (Fsp3) is 0.571. The number of aliphatic hydroxyl groups excluding tert-OH is 1. The molecule has 0 bridgehead atoms. The van der Waals surface area contributed by atoms with E-state index in [1.807, 2.05) is 19.1 Å². The lowest BCUT2D eigenvalue weighted by Gasteiger charge is -2.31. The third-order valence-corrected chi connectivity index (χ3v) is 3.59. The molecule has 0 atom stereocenters. The molecule has 3 heteroatoms. The lowest BCUT2D eigenvalue weighted by atomic mass is 9.97. The van der Waals surface area contributed by atoms with Crippen molar-refractivity contribution in [1.82, 2.24) is 4.90 Å². The van der Waals surface area contributed by atoms with Gasteiger partial charge in [0.15, 0.2) is 0 Å². The highest BCUT2D eigenvalue weighted by Gasteiger charge is 2.19. The van der Waals surface area contributed by atoms with Gasteiger partial charge in [-0.05, 0) is 44.8 Å². The molecule has 0 saturated carbocycles. The maximum atomic E-state index is 9.80. The highest BCUT2D eigenvalue weighted by Crippen LogP contribution is 2.23. The van der Waals surface area contributed by atoms with Gasteiger partial charge in [0.25, 0.3) is 0 Å². The van der Waals surface area contributed by atoms with E-state index in [0.29, 0.717) is 18.3 Å². The van der Waals surface area contributed by atoms with Crippen LogP contribution >= 0.6 is 0 Å². The number of aryl methyl sites for hydroxylation is 1. The summed E-state index contributed by atoms with van der Waals surface area (Å²) in [5.74, 6) is 0.859. The molecule has 0 spiro atoms. The van der Waals surface area contributed by atoms with Crippen LogP contribution in [0.25, 0.3) is 0 Å². The molecule has 1 aliphatic heterocycles. The summed E-state index contributed by atoms with van der Waals surface area (Å²) < 4.78 is 0. The first kappa shape index (κ1) is 12.4. The minimum atomic E-state index is 0.309. The van der Waals surface area contributed by atoms with E-state index < -0.39 is 0 Å². The Morgan fingerprint density at radius 2 is 2.00 bits per heavy atom. The zero-order chi connectivity index (χ0) is 12.3. The zero-order valence-electron chi connectivity index (χ0n) is 10.4. The largest absolute Gasteiger partial charge is 0.508 e. The van der Waals surface area contributed by atoms with Gasteiger partial charge in [-0.25, -0.2) is 0 Å². The number of hydrogen-bond acceptors (Lipinski definition) is 3. The molecule has 0 amide bonds. The summed E-state index contributed by atoms with van der Waals surface area (Å²) in [5, 5.41) is 18.9. The van der Waals surface area contributed by atoms with Gasteiger partial charge < -0.3 is 10.2 Å². The number of benzene rings is 1. The van der Waals surface area contributed by atoms with Crippen LogP contribution in [0.1, 0.15) is 24.0 Å². The number of phenolic OH excluding ortho intramolecular Hbond substituents is 1. The van der Waals surface area contributed by atoms with Crippen molar-refractivity contribution in [3.63, 3.8) is 0 Å². The quantitative estimate of drug-likeness (QED) is 0.841. The van der Waals surface area contributed by atoms with E-state index in [-0.39, 0.29) is 0 Å². The van der Waals surface area contributed by atoms with E-state index in [1.54, 1.807) is 6.07 Å². The molecule has 2 N–H and O–H groups in total. The average molecular weight is 235 g/mol. The summed E-state index contributed by atoms with van der Waals surface area (Å²) in [5.41, 5.74) is 2.19. The van der Waals surface area contributed by atoms with Crippen LogP contribution in [0, 0.1) is 12.8 Å². The van der Waals surface area contributed by atoms with Gasteiger partial charge in [-0.3, -0.25) is 4.90 Å². The molecule has 1 aromatic carbocycles. The molecule has 2 rings (SSSR count). The van der Waals surface area contributed by atoms with Crippen LogP contribution in [-0.4, -0.2) is 34.8 Å². The summed E-state index contributed by atoms with van der Waals surface area (Å²) in [4.78, 5) is 2.35. The molecular formula is C14H21NO2. The molecule has 1 fully saturated rings. The third kappa shape index (κ3) is 3.20. The molecule has 0 aliphatic carbocycles. The Bertz CT molecular complexity index is 370. The second-order valence-corrected chi connectivity index (χ2v) is 5.03. The van der Waals surface area contributed by atoms with Crippen molar-refractivity contribution < 1.29 is 10.2 Å². The predicted octanol–water partition coefficient (Wildman–Crippen LogP) is 1.90. The maximum absolute atomic E-state index is 9.80. The zero-order valence-corrected chi connectivity index (χ0v) is 10.4. The summed E-state index contributed by atoms with van der Waals surface area (Å²) >= 11 is 0. The number of rotatable bonds is 3. The smallest absolute Gasteiger partial charge is 0.120 e. The van der Waals surface area contributed by atoms with Crippen LogP contribution in [0.5, 0.6) is 5.75 Å². The van der Waals surface area contributed by atoms with Crippen molar-refractivity contribution in [2.75, 3.05) is 19.7 Å². The molecule has 1 aromatic rings. The molecule has 0 radical (unpaired) electrons. The van der Waals surface area contributed by atoms with Crippen molar-refractivity contribution in [2.24, 2.45) is 5.92 Å². The van der Waals surface area contributed by atoms with E-state index in [9.17, 15) is 5.11 Å². The summed E-state index contributed by atoms with van der Waals surface area (Å²) in [7, 11) is 0. The third-order valence-electron chi connectivity index (χ3n) is 3.59. The SMILES string of the molecule is Cc1ccc(O)c(CN2CCC(CO)CC2)c1. The Balaban J connectivity index is 1.95. The summed E-state index contributed by atoms with van der Waals surface area (Å²) in [6, 6.07) is 5.75. The van der Waals surface area contributed by atoms with Crippen molar-refractivity contribution in [3.8, 4) is 5.75 Å². The standard InChI is InChI=1S/C14H21NO2/c1-11-2-3-14(17)13(8-11)9-15-6-4-12(10-16)5-7-15/h2-3,8,12,16-17H,4-7,9-10H2,1H3. The van der Waals surface area contributed by atoms with Crippen LogP contribution < -0.4 is 0 Å². The van der Waals surface area contributed by atoms with Gasteiger partial charge in [-0.1, -0.05) is 17.7 Å². The summed E-state index contributed by atoms with van der Waals surface area (Å²) in [6.45, 7) is 5.19. The lowest BCUT2D eigenvalue weighted by molar-refractivity contribution is 0.127. The first-order valence-electron chi connectivity index (χ1n) is 6.30. The average Bonchev–Trinajstić information content (AvgIpc) is 2.35. The Kier molecular flexibility index (Phi) is 4.02. The Morgan fingerprint density at radius 3 is 2.65 bits per heavy atom. The van der Waals surface area contributed by atoms with E-state index in [1.165, 1.54) is 5.56 Å². The van der Waals surface area contributed by atoms with Crippen LogP contribution in [0.15, 0.2) is 18.2 Å². The molecule has 3 nitrogen and oxygen atoms in total. The van der Waals surface area contributed by atoms with Crippen LogP contribution in [0.2, 0.25) is 0 Å². The number of aliphatic hydroxyl groups is 1. The topological polar surface area (TPSA) is 43.7 Å². The van der Waals surface area contributed by atoms with Crippen LogP contribution in [0.4, 0.5) is 0 Å². The second kappa shape index (κ2) is 5.52. The number of phenols is 1. The van der Waals surface area contributed by atoms with Crippen LogP contribution in [0.3, 0.4) is 0 Å². The minimum Gasteiger partial charge on any atom is -0.508 e. The van der Waals surface area contributed by atoms with Gasteiger partial charge >= 0.3 is 0 Å². The number of likely N-dealkylation sites (tertiary alicyclic amines) is 1. The van der Waals surface area contributed by atoms with Crippen molar-refractivity contribution in [1.29, 1.82) is 0 Å². The normalized spacial score (nSPS) is 18.5. The van der Waals surface area contributed by atoms with Gasteiger partial charge in [0.2, 0.25) is 0 Å².